The summed E-state index contributed by atoms with van der Waals surface area (Å²) in [6, 6.07) is 13.6. The summed E-state index contributed by atoms with van der Waals surface area (Å²) in [5.74, 6) is 2.28. The topological polar surface area (TPSA) is 85.6 Å². The second kappa shape index (κ2) is 13.6. The van der Waals surface area contributed by atoms with Gasteiger partial charge in [0, 0.05) is 57.0 Å². The number of hydrogen-bond acceptors (Lipinski definition) is 5. The average molecular weight is 536 g/mol. The van der Waals surface area contributed by atoms with Crippen molar-refractivity contribution in [2.75, 3.05) is 32.2 Å². The first-order chi connectivity index (χ1) is 14.8. The Morgan fingerprint density at radius 1 is 1.13 bits per heavy atom. The van der Waals surface area contributed by atoms with E-state index in [-0.39, 0.29) is 24.0 Å². The number of benzene rings is 1. The van der Waals surface area contributed by atoms with Crippen molar-refractivity contribution in [1.82, 2.24) is 20.1 Å². The minimum absolute atomic E-state index is 0. The monoisotopic (exact) mass is 536 g/mol. The number of hydrogen-bond donors (Lipinski definition) is 2. The molecular formula is C22H29IN6O2. The minimum atomic E-state index is 0. The van der Waals surface area contributed by atoms with E-state index in [4.69, 9.17) is 14.5 Å². The molecule has 0 saturated heterocycles. The van der Waals surface area contributed by atoms with Crippen LogP contribution in [-0.2, 0) is 11.3 Å². The van der Waals surface area contributed by atoms with Crippen LogP contribution in [0.5, 0.6) is 5.75 Å². The molecule has 3 aromatic rings. The van der Waals surface area contributed by atoms with Crippen LogP contribution < -0.4 is 15.4 Å². The molecule has 9 heteroatoms. The van der Waals surface area contributed by atoms with Crippen LogP contribution in [0.2, 0.25) is 0 Å². The Labute approximate surface area is 200 Å². The van der Waals surface area contributed by atoms with Gasteiger partial charge in [-0.15, -0.1) is 24.0 Å². The Bertz CT molecular complexity index is 933. The molecule has 2 aromatic heterocycles. The van der Waals surface area contributed by atoms with Crippen LogP contribution in [-0.4, -0.2) is 47.6 Å². The van der Waals surface area contributed by atoms with E-state index >= 15 is 0 Å². The van der Waals surface area contributed by atoms with E-state index in [1.54, 1.807) is 24.2 Å². The molecule has 2 heterocycles. The molecule has 0 aliphatic carbocycles. The number of halogens is 1. The number of aliphatic imine (C=N–C) groups is 1. The molecule has 31 heavy (non-hydrogen) atoms. The summed E-state index contributed by atoms with van der Waals surface area (Å²) in [7, 11) is 1.69. The number of aromatic nitrogens is 3. The van der Waals surface area contributed by atoms with Crippen LogP contribution in [0.1, 0.15) is 18.9 Å². The summed E-state index contributed by atoms with van der Waals surface area (Å²) in [5.41, 5.74) is 1.95. The quantitative estimate of drug-likeness (QED) is 0.177. The number of nitrogens with one attached hydrogen (secondary N) is 2. The zero-order valence-corrected chi connectivity index (χ0v) is 20.2. The molecule has 0 atom stereocenters. The van der Waals surface area contributed by atoms with Gasteiger partial charge in [-0.05, 0) is 42.8 Å². The summed E-state index contributed by atoms with van der Waals surface area (Å²) in [6.45, 7) is 4.61. The standard InChI is InChI=1S/C22H28N6O2.HI/c1-3-23-22(27-19-7-4-8-20(16-19)30-14-6-13-29-2)25-17-18-9-11-24-21(15-18)28-12-5-10-26-28;/h4-5,7-12,15-16H,3,6,13-14,17H2,1-2H3,(H2,23,25,27);1H. The third-order valence-corrected chi connectivity index (χ3v) is 4.17. The lowest BCUT2D eigenvalue weighted by Gasteiger charge is -2.13. The molecule has 0 amide bonds. The van der Waals surface area contributed by atoms with E-state index in [0.29, 0.717) is 25.7 Å². The summed E-state index contributed by atoms with van der Waals surface area (Å²) < 4.78 is 12.6. The highest BCUT2D eigenvalue weighted by Crippen LogP contribution is 2.17. The fraction of sp³-hybridized carbons (Fsp3) is 0.318. The smallest absolute Gasteiger partial charge is 0.196 e. The first kappa shape index (κ1) is 24.6. The van der Waals surface area contributed by atoms with E-state index in [1.807, 2.05) is 55.6 Å². The van der Waals surface area contributed by atoms with Crippen LogP contribution in [0.15, 0.2) is 66.0 Å². The maximum Gasteiger partial charge on any atom is 0.196 e. The number of pyridine rings is 1. The summed E-state index contributed by atoms with van der Waals surface area (Å²) in [5, 5.41) is 10.8. The van der Waals surface area contributed by atoms with E-state index in [9.17, 15) is 0 Å². The van der Waals surface area contributed by atoms with Crippen molar-refractivity contribution in [3.63, 3.8) is 0 Å². The predicted molar refractivity (Wildman–Crippen MR) is 134 cm³/mol. The average Bonchev–Trinajstić information content (AvgIpc) is 3.31. The molecular weight excluding hydrogens is 507 g/mol. The molecule has 0 aliphatic rings. The molecule has 0 saturated carbocycles. The highest BCUT2D eigenvalue weighted by atomic mass is 127. The zero-order valence-electron chi connectivity index (χ0n) is 17.8. The van der Waals surface area contributed by atoms with Crippen LogP contribution in [0.4, 0.5) is 5.69 Å². The third kappa shape index (κ3) is 8.18. The molecule has 0 unspecified atom stereocenters. The number of anilines is 1. The third-order valence-electron chi connectivity index (χ3n) is 4.17. The normalized spacial score (nSPS) is 11.0. The van der Waals surface area contributed by atoms with E-state index < -0.39 is 0 Å². The molecule has 0 spiro atoms. The first-order valence-corrected chi connectivity index (χ1v) is 10.0. The Hall–Kier alpha value is -2.66. The second-order valence-corrected chi connectivity index (χ2v) is 6.52. The SMILES string of the molecule is CCNC(=NCc1ccnc(-n2cccn2)c1)Nc1cccc(OCCCOC)c1.I. The van der Waals surface area contributed by atoms with Crippen LogP contribution in [0.3, 0.4) is 0 Å². The number of ether oxygens (including phenoxy) is 2. The lowest BCUT2D eigenvalue weighted by molar-refractivity contribution is 0.172. The van der Waals surface area contributed by atoms with Crippen molar-refractivity contribution < 1.29 is 9.47 Å². The Balaban J connectivity index is 0.00000341. The lowest BCUT2D eigenvalue weighted by atomic mass is 10.2. The van der Waals surface area contributed by atoms with Crippen molar-refractivity contribution in [2.45, 2.75) is 19.9 Å². The Kier molecular flexibility index (Phi) is 10.8. The Morgan fingerprint density at radius 3 is 2.81 bits per heavy atom. The van der Waals surface area contributed by atoms with Crippen molar-refractivity contribution in [1.29, 1.82) is 0 Å². The lowest BCUT2D eigenvalue weighted by Crippen LogP contribution is -2.30. The number of nitrogens with zero attached hydrogens (tertiary/aromatic N) is 4. The largest absolute Gasteiger partial charge is 0.493 e. The van der Waals surface area contributed by atoms with E-state index in [2.05, 4.69) is 20.7 Å². The summed E-state index contributed by atoms with van der Waals surface area (Å²) in [6.07, 6.45) is 6.22. The number of methoxy groups -OCH3 is 1. The van der Waals surface area contributed by atoms with Crippen LogP contribution in [0.25, 0.3) is 5.82 Å². The predicted octanol–water partition coefficient (Wildman–Crippen LogP) is 3.88. The van der Waals surface area contributed by atoms with Crippen LogP contribution in [0, 0.1) is 0 Å². The van der Waals surface area contributed by atoms with Gasteiger partial charge in [0.15, 0.2) is 11.8 Å². The molecule has 0 radical (unpaired) electrons. The first-order valence-electron chi connectivity index (χ1n) is 10.0. The minimum Gasteiger partial charge on any atom is -0.493 e. The molecule has 2 N–H and O–H groups in total. The fourth-order valence-corrected chi connectivity index (χ4v) is 2.76. The fourth-order valence-electron chi connectivity index (χ4n) is 2.76. The molecule has 0 fully saturated rings. The second-order valence-electron chi connectivity index (χ2n) is 6.52. The van der Waals surface area contributed by atoms with Gasteiger partial charge < -0.3 is 20.1 Å². The molecule has 3 rings (SSSR count). The maximum absolute atomic E-state index is 5.77. The number of guanidine groups is 1. The van der Waals surface area contributed by atoms with Gasteiger partial charge in [-0.1, -0.05) is 6.07 Å². The van der Waals surface area contributed by atoms with Crippen molar-refractivity contribution in [3.8, 4) is 11.6 Å². The zero-order chi connectivity index (χ0) is 21.0. The molecule has 8 nitrogen and oxygen atoms in total. The molecule has 0 aliphatic heterocycles. The van der Waals surface area contributed by atoms with Crippen molar-refractivity contribution in [2.24, 2.45) is 4.99 Å². The maximum atomic E-state index is 5.77. The molecule has 1 aromatic carbocycles. The van der Waals surface area contributed by atoms with Gasteiger partial charge in [0.25, 0.3) is 0 Å². The number of rotatable bonds is 10. The van der Waals surface area contributed by atoms with Crippen molar-refractivity contribution >= 4 is 35.6 Å². The highest BCUT2D eigenvalue weighted by Gasteiger charge is 2.03. The molecule has 0 bridgehead atoms. The van der Waals surface area contributed by atoms with Crippen molar-refractivity contribution in [3.05, 3.63) is 66.6 Å². The van der Waals surface area contributed by atoms with Gasteiger partial charge in [0.05, 0.1) is 13.2 Å². The van der Waals surface area contributed by atoms with E-state index in [0.717, 1.165) is 35.8 Å². The van der Waals surface area contributed by atoms with Gasteiger partial charge >= 0.3 is 0 Å². The van der Waals surface area contributed by atoms with Gasteiger partial charge in [0.2, 0.25) is 0 Å². The summed E-state index contributed by atoms with van der Waals surface area (Å²) in [4.78, 5) is 9.06. The van der Waals surface area contributed by atoms with Crippen LogP contribution >= 0.6 is 24.0 Å². The van der Waals surface area contributed by atoms with E-state index in [1.165, 1.54) is 0 Å². The van der Waals surface area contributed by atoms with Gasteiger partial charge in [-0.2, -0.15) is 5.10 Å². The van der Waals surface area contributed by atoms with Gasteiger partial charge in [0.1, 0.15) is 5.75 Å². The highest BCUT2D eigenvalue weighted by molar-refractivity contribution is 14.0. The van der Waals surface area contributed by atoms with Gasteiger partial charge in [-0.3, -0.25) is 0 Å². The van der Waals surface area contributed by atoms with Gasteiger partial charge in [-0.25, -0.2) is 14.7 Å². The molecule has 166 valence electrons. The Morgan fingerprint density at radius 2 is 2.03 bits per heavy atom. The summed E-state index contributed by atoms with van der Waals surface area (Å²) >= 11 is 0.